The van der Waals surface area contributed by atoms with Gasteiger partial charge in [0.2, 0.25) is 0 Å². The summed E-state index contributed by atoms with van der Waals surface area (Å²) in [4.78, 5) is 0.0853. The van der Waals surface area contributed by atoms with Gasteiger partial charge in [0.15, 0.2) is 9.84 Å². The fourth-order valence-corrected chi connectivity index (χ4v) is 3.06. The minimum absolute atomic E-state index is 0.0853. The van der Waals surface area contributed by atoms with E-state index in [0.29, 0.717) is 24.1 Å². The molecule has 0 bridgehead atoms. The van der Waals surface area contributed by atoms with Crippen LogP contribution in [-0.4, -0.2) is 14.5 Å². The van der Waals surface area contributed by atoms with E-state index in [1.807, 2.05) is 13.8 Å². The lowest BCUT2D eigenvalue weighted by molar-refractivity contribution is 0.443. The molecule has 0 aliphatic carbocycles. The van der Waals surface area contributed by atoms with Crippen LogP contribution in [0.1, 0.15) is 25.4 Å². The second-order valence-corrected chi connectivity index (χ2v) is 7.11. The zero-order chi connectivity index (χ0) is 15.5. The summed E-state index contributed by atoms with van der Waals surface area (Å²) in [5.74, 6) is 0.363. The largest absolute Gasteiger partial charge is 0.464 e. The van der Waals surface area contributed by atoms with Gasteiger partial charge >= 0.3 is 0 Å². The Morgan fingerprint density at radius 1 is 1.10 bits per heavy atom. The van der Waals surface area contributed by atoms with Crippen LogP contribution in [-0.2, 0) is 22.1 Å². The van der Waals surface area contributed by atoms with Crippen molar-refractivity contribution >= 4 is 9.84 Å². The van der Waals surface area contributed by atoms with E-state index in [9.17, 15) is 12.8 Å². The standard InChI is InChI=1S/C15H18FNO3S/c1-11(2)17-9-13-5-6-14(20-13)10-21(18,19)15-7-3-12(16)4-8-15/h3-8,11,17H,9-10H2,1-2H3. The first-order chi connectivity index (χ1) is 9.87. The van der Waals surface area contributed by atoms with Crippen LogP contribution in [0.25, 0.3) is 0 Å². The van der Waals surface area contributed by atoms with Crippen molar-refractivity contribution in [3.05, 3.63) is 53.7 Å². The van der Waals surface area contributed by atoms with E-state index in [4.69, 9.17) is 4.42 Å². The minimum atomic E-state index is -3.53. The SMILES string of the molecule is CC(C)NCc1ccc(CS(=O)(=O)c2ccc(F)cc2)o1. The molecule has 114 valence electrons. The van der Waals surface area contributed by atoms with Crippen LogP contribution < -0.4 is 5.32 Å². The molecule has 1 aromatic carbocycles. The van der Waals surface area contributed by atoms with E-state index in [2.05, 4.69) is 5.32 Å². The van der Waals surface area contributed by atoms with Gasteiger partial charge in [-0.05, 0) is 36.4 Å². The first-order valence-electron chi connectivity index (χ1n) is 6.66. The van der Waals surface area contributed by atoms with E-state index in [0.717, 1.165) is 12.1 Å². The normalized spacial score (nSPS) is 12.0. The highest BCUT2D eigenvalue weighted by Crippen LogP contribution is 2.18. The minimum Gasteiger partial charge on any atom is -0.464 e. The van der Waals surface area contributed by atoms with E-state index < -0.39 is 15.7 Å². The summed E-state index contributed by atoms with van der Waals surface area (Å²) in [7, 11) is -3.53. The molecule has 2 aromatic rings. The first kappa shape index (κ1) is 15.7. The van der Waals surface area contributed by atoms with Crippen LogP contribution in [0.2, 0.25) is 0 Å². The Bertz CT molecular complexity index is 690. The van der Waals surface area contributed by atoms with E-state index in [-0.39, 0.29) is 10.6 Å². The monoisotopic (exact) mass is 311 g/mol. The zero-order valence-corrected chi connectivity index (χ0v) is 12.8. The quantitative estimate of drug-likeness (QED) is 0.833. The van der Waals surface area contributed by atoms with Crippen molar-refractivity contribution in [1.82, 2.24) is 5.32 Å². The molecule has 2 rings (SSSR count). The zero-order valence-electron chi connectivity index (χ0n) is 12.0. The predicted octanol–water partition coefficient (Wildman–Crippen LogP) is 2.89. The number of halogens is 1. The molecule has 21 heavy (non-hydrogen) atoms. The van der Waals surface area contributed by atoms with Crippen LogP contribution in [0.4, 0.5) is 4.39 Å². The Balaban J connectivity index is 2.08. The number of hydrogen-bond donors (Lipinski definition) is 1. The van der Waals surface area contributed by atoms with Crippen LogP contribution in [0.5, 0.6) is 0 Å². The van der Waals surface area contributed by atoms with Gasteiger partial charge in [-0.2, -0.15) is 0 Å². The fourth-order valence-electron chi connectivity index (χ4n) is 1.81. The molecule has 0 spiro atoms. The third-order valence-electron chi connectivity index (χ3n) is 2.91. The maximum Gasteiger partial charge on any atom is 0.185 e. The molecule has 0 aliphatic heterocycles. The molecule has 6 heteroatoms. The van der Waals surface area contributed by atoms with Gasteiger partial charge in [-0.3, -0.25) is 0 Å². The van der Waals surface area contributed by atoms with Crippen molar-refractivity contribution in [2.45, 2.75) is 37.1 Å². The molecule has 0 saturated carbocycles. The van der Waals surface area contributed by atoms with E-state index in [1.54, 1.807) is 12.1 Å². The molecule has 0 fully saturated rings. The summed E-state index contributed by atoms with van der Waals surface area (Å²) in [6, 6.07) is 8.51. The van der Waals surface area contributed by atoms with Crippen molar-refractivity contribution in [1.29, 1.82) is 0 Å². The van der Waals surface area contributed by atoms with Crippen molar-refractivity contribution in [3.63, 3.8) is 0 Å². The number of sulfone groups is 1. The Morgan fingerprint density at radius 2 is 1.71 bits per heavy atom. The molecule has 0 radical (unpaired) electrons. The molecular formula is C15H18FNO3S. The molecule has 0 saturated heterocycles. The third-order valence-corrected chi connectivity index (χ3v) is 4.56. The van der Waals surface area contributed by atoms with Crippen molar-refractivity contribution in [2.24, 2.45) is 0 Å². The highest BCUT2D eigenvalue weighted by atomic mass is 32.2. The van der Waals surface area contributed by atoms with Gasteiger partial charge in [0, 0.05) is 6.04 Å². The van der Waals surface area contributed by atoms with E-state index in [1.165, 1.54) is 12.1 Å². The Kier molecular flexibility index (Phi) is 4.80. The van der Waals surface area contributed by atoms with Crippen molar-refractivity contribution < 1.29 is 17.2 Å². The van der Waals surface area contributed by atoms with Gasteiger partial charge in [0.05, 0.1) is 11.4 Å². The third kappa shape index (κ3) is 4.41. The van der Waals surface area contributed by atoms with Crippen LogP contribution in [0.15, 0.2) is 45.7 Å². The van der Waals surface area contributed by atoms with Gasteiger partial charge in [0.1, 0.15) is 23.1 Å². The number of hydrogen-bond acceptors (Lipinski definition) is 4. The Hall–Kier alpha value is -1.66. The van der Waals surface area contributed by atoms with Gasteiger partial charge in [-0.15, -0.1) is 0 Å². The van der Waals surface area contributed by atoms with Gasteiger partial charge in [-0.25, -0.2) is 12.8 Å². The molecule has 4 nitrogen and oxygen atoms in total. The highest BCUT2D eigenvalue weighted by molar-refractivity contribution is 7.90. The fraction of sp³-hybridized carbons (Fsp3) is 0.333. The topological polar surface area (TPSA) is 59.3 Å². The highest BCUT2D eigenvalue weighted by Gasteiger charge is 2.17. The molecule has 0 amide bonds. The van der Waals surface area contributed by atoms with E-state index >= 15 is 0 Å². The smallest absolute Gasteiger partial charge is 0.185 e. The molecule has 0 atom stereocenters. The van der Waals surface area contributed by atoms with Crippen molar-refractivity contribution in [2.75, 3.05) is 0 Å². The Morgan fingerprint density at radius 3 is 2.33 bits per heavy atom. The first-order valence-corrected chi connectivity index (χ1v) is 8.31. The van der Waals surface area contributed by atoms with Gasteiger partial charge < -0.3 is 9.73 Å². The predicted molar refractivity (Wildman–Crippen MR) is 78.0 cm³/mol. The molecule has 1 N–H and O–H groups in total. The lowest BCUT2D eigenvalue weighted by atomic mass is 10.3. The second kappa shape index (κ2) is 6.41. The molecule has 1 aromatic heterocycles. The number of rotatable bonds is 6. The average Bonchev–Trinajstić information content (AvgIpc) is 2.84. The Labute approximate surface area is 123 Å². The van der Waals surface area contributed by atoms with Gasteiger partial charge in [-0.1, -0.05) is 13.8 Å². The summed E-state index contributed by atoms with van der Waals surface area (Å²) in [5, 5.41) is 3.19. The summed E-state index contributed by atoms with van der Waals surface area (Å²) in [6.07, 6.45) is 0. The summed E-state index contributed by atoms with van der Waals surface area (Å²) < 4.78 is 42.7. The molecule has 1 heterocycles. The van der Waals surface area contributed by atoms with Crippen LogP contribution >= 0.6 is 0 Å². The van der Waals surface area contributed by atoms with Gasteiger partial charge in [0.25, 0.3) is 0 Å². The number of furan rings is 1. The summed E-state index contributed by atoms with van der Waals surface area (Å²) in [6.45, 7) is 4.58. The van der Waals surface area contributed by atoms with Crippen LogP contribution in [0.3, 0.4) is 0 Å². The molecule has 0 aliphatic rings. The lowest BCUT2D eigenvalue weighted by Gasteiger charge is -2.05. The summed E-state index contributed by atoms with van der Waals surface area (Å²) >= 11 is 0. The lowest BCUT2D eigenvalue weighted by Crippen LogP contribution is -2.21. The maximum atomic E-state index is 12.8. The maximum absolute atomic E-state index is 12.8. The summed E-state index contributed by atoms with van der Waals surface area (Å²) in [5.41, 5.74) is 0. The van der Waals surface area contributed by atoms with Crippen LogP contribution in [0, 0.1) is 5.82 Å². The second-order valence-electron chi connectivity index (χ2n) is 5.12. The van der Waals surface area contributed by atoms with Crippen molar-refractivity contribution in [3.8, 4) is 0 Å². The average molecular weight is 311 g/mol. The molecule has 0 unspecified atom stereocenters. The number of benzene rings is 1. The number of nitrogens with one attached hydrogen (secondary N) is 1. The molecular weight excluding hydrogens is 293 g/mol.